The predicted molar refractivity (Wildman–Crippen MR) is 109 cm³/mol. The molecule has 2 aromatic carbocycles. The Bertz CT molecular complexity index is 973. The maximum absolute atomic E-state index is 13.2. The molecule has 0 radical (unpaired) electrons. The van der Waals surface area contributed by atoms with Crippen LogP contribution in [0.5, 0.6) is 0 Å². The SMILES string of the molecule is Cc1cc([N+](=O)[O-])cc(S(=O)(=O)N[C@@H](CN2CCOCC2)c2ccccc2)c1C. The first-order valence-corrected chi connectivity index (χ1v) is 10.9. The quantitative estimate of drug-likeness (QED) is 0.547. The summed E-state index contributed by atoms with van der Waals surface area (Å²) in [5.41, 5.74) is 1.66. The van der Waals surface area contributed by atoms with Crippen molar-refractivity contribution < 1.29 is 18.1 Å². The molecule has 0 bridgehead atoms. The average molecular weight is 420 g/mol. The Labute approximate surface area is 170 Å². The molecular weight excluding hydrogens is 394 g/mol. The van der Waals surface area contributed by atoms with Crippen molar-refractivity contribution in [3.05, 3.63) is 69.3 Å². The van der Waals surface area contributed by atoms with Gasteiger partial charge in [0, 0.05) is 31.8 Å². The molecule has 0 saturated carbocycles. The van der Waals surface area contributed by atoms with E-state index in [4.69, 9.17) is 4.74 Å². The zero-order chi connectivity index (χ0) is 21.0. The van der Waals surface area contributed by atoms with Gasteiger partial charge < -0.3 is 4.74 Å². The molecule has 0 unspecified atom stereocenters. The lowest BCUT2D eigenvalue weighted by Crippen LogP contribution is -2.43. The number of ether oxygens (including phenoxy) is 1. The Balaban J connectivity index is 1.94. The number of sulfonamides is 1. The summed E-state index contributed by atoms with van der Waals surface area (Å²) in [5, 5.41) is 11.2. The van der Waals surface area contributed by atoms with Crippen molar-refractivity contribution in [2.45, 2.75) is 24.8 Å². The van der Waals surface area contributed by atoms with Crippen molar-refractivity contribution in [3.8, 4) is 0 Å². The van der Waals surface area contributed by atoms with E-state index in [9.17, 15) is 18.5 Å². The summed E-state index contributed by atoms with van der Waals surface area (Å²) >= 11 is 0. The van der Waals surface area contributed by atoms with Gasteiger partial charge in [0.25, 0.3) is 5.69 Å². The lowest BCUT2D eigenvalue weighted by molar-refractivity contribution is -0.385. The molecule has 8 nitrogen and oxygen atoms in total. The van der Waals surface area contributed by atoms with Crippen LogP contribution in [0.15, 0.2) is 47.4 Å². The maximum Gasteiger partial charge on any atom is 0.271 e. The first-order valence-electron chi connectivity index (χ1n) is 9.41. The van der Waals surface area contributed by atoms with Gasteiger partial charge >= 0.3 is 0 Å². The second-order valence-corrected chi connectivity index (χ2v) is 8.82. The molecule has 2 aromatic rings. The van der Waals surface area contributed by atoms with Crippen LogP contribution in [-0.4, -0.2) is 51.1 Å². The Morgan fingerprint density at radius 1 is 1.17 bits per heavy atom. The molecule has 9 heteroatoms. The fourth-order valence-electron chi connectivity index (χ4n) is 3.38. The topological polar surface area (TPSA) is 102 Å². The van der Waals surface area contributed by atoms with Crippen molar-refractivity contribution in [3.63, 3.8) is 0 Å². The van der Waals surface area contributed by atoms with Gasteiger partial charge in [0.2, 0.25) is 10.0 Å². The minimum absolute atomic E-state index is 0.0629. The monoisotopic (exact) mass is 419 g/mol. The Morgan fingerprint density at radius 3 is 2.45 bits per heavy atom. The smallest absolute Gasteiger partial charge is 0.271 e. The molecule has 1 aliphatic heterocycles. The zero-order valence-corrected chi connectivity index (χ0v) is 17.3. The molecule has 0 spiro atoms. The molecular formula is C20H25N3O5S. The van der Waals surface area contributed by atoms with E-state index < -0.39 is 21.0 Å². The van der Waals surface area contributed by atoms with Gasteiger partial charge in [0.15, 0.2) is 0 Å². The van der Waals surface area contributed by atoms with E-state index in [1.807, 2.05) is 30.3 Å². The summed E-state index contributed by atoms with van der Waals surface area (Å²) in [6.45, 7) is 6.48. The number of nitrogens with one attached hydrogen (secondary N) is 1. The van der Waals surface area contributed by atoms with Gasteiger partial charge in [-0.05, 0) is 30.5 Å². The number of rotatable bonds is 7. The number of benzene rings is 2. The van der Waals surface area contributed by atoms with E-state index >= 15 is 0 Å². The Hall–Kier alpha value is -2.33. The first kappa shape index (κ1) is 21.4. The maximum atomic E-state index is 13.2. The Morgan fingerprint density at radius 2 is 1.83 bits per heavy atom. The molecule has 3 rings (SSSR count). The number of morpholine rings is 1. The van der Waals surface area contributed by atoms with Crippen LogP contribution in [0.1, 0.15) is 22.7 Å². The number of non-ortho nitro benzene ring substituents is 1. The van der Waals surface area contributed by atoms with Crippen molar-refractivity contribution in [1.29, 1.82) is 0 Å². The minimum atomic E-state index is -3.98. The van der Waals surface area contributed by atoms with Crippen LogP contribution < -0.4 is 4.72 Å². The number of nitro benzene ring substituents is 1. The molecule has 0 amide bonds. The van der Waals surface area contributed by atoms with Crippen molar-refractivity contribution in [2.24, 2.45) is 0 Å². The van der Waals surface area contributed by atoms with Gasteiger partial charge in [-0.2, -0.15) is 0 Å². The van der Waals surface area contributed by atoms with Gasteiger partial charge in [-0.1, -0.05) is 30.3 Å². The molecule has 1 heterocycles. The highest BCUT2D eigenvalue weighted by Crippen LogP contribution is 2.27. The molecule has 1 fully saturated rings. The Kier molecular flexibility index (Phi) is 6.63. The number of nitrogens with zero attached hydrogens (tertiary/aromatic N) is 2. The fraction of sp³-hybridized carbons (Fsp3) is 0.400. The van der Waals surface area contributed by atoms with Gasteiger partial charge in [0.05, 0.1) is 29.1 Å². The van der Waals surface area contributed by atoms with E-state index in [0.29, 0.717) is 30.9 Å². The van der Waals surface area contributed by atoms with Gasteiger partial charge in [0.1, 0.15) is 0 Å². The third-order valence-corrected chi connectivity index (χ3v) is 6.75. The molecule has 1 N–H and O–H groups in total. The highest BCUT2D eigenvalue weighted by molar-refractivity contribution is 7.89. The van der Waals surface area contributed by atoms with Crippen molar-refractivity contribution >= 4 is 15.7 Å². The molecule has 1 saturated heterocycles. The van der Waals surface area contributed by atoms with Crippen molar-refractivity contribution in [2.75, 3.05) is 32.8 Å². The van der Waals surface area contributed by atoms with E-state index in [0.717, 1.165) is 24.7 Å². The molecule has 0 aromatic heterocycles. The summed E-state index contributed by atoms with van der Waals surface area (Å²) in [4.78, 5) is 12.7. The summed E-state index contributed by atoms with van der Waals surface area (Å²) in [5.74, 6) is 0. The lowest BCUT2D eigenvalue weighted by Gasteiger charge is -2.31. The largest absolute Gasteiger partial charge is 0.379 e. The summed E-state index contributed by atoms with van der Waals surface area (Å²) in [7, 11) is -3.98. The highest BCUT2D eigenvalue weighted by Gasteiger charge is 2.27. The van der Waals surface area contributed by atoms with Crippen LogP contribution in [0.4, 0.5) is 5.69 Å². The number of hydrogen-bond donors (Lipinski definition) is 1. The number of hydrogen-bond acceptors (Lipinski definition) is 6. The zero-order valence-electron chi connectivity index (χ0n) is 16.5. The molecule has 1 aliphatic rings. The van der Waals surface area contributed by atoms with E-state index in [1.54, 1.807) is 13.8 Å². The van der Waals surface area contributed by atoms with Crippen LogP contribution in [0.25, 0.3) is 0 Å². The van der Waals surface area contributed by atoms with Crippen LogP contribution in [0.3, 0.4) is 0 Å². The summed E-state index contributed by atoms with van der Waals surface area (Å²) < 4.78 is 34.6. The number of nitro groups is 1. The van der Waals surface area contributed by atoms with E-state index in [1.165, 1.54) is 6.07 Å². The van der Waals surface area contributed by atoms with Gasteiger partial charge in [-0.25, -0.2) is 13.1 Å². The third kappa shape index (κ3) is 5.18. The number of aryl methyl sites for hydroxylation is 1. The molecule has 0 aliphatic carbocycles. The minimum Gasteiger partial charge on any atom is -0.379 e. The fourth-order valence-corrected chi connectivity index (χ4v) is 4.93. The van der Waals surface area contributed by atoms with Crippen LogP contribution >= 0.6 is 0 Å². The van der Waals surface area contributed by atoms with E-state index in [-0.39, 0.29) is 10.6 Å². The second kappa shape index (κ2) is 9.00. The highest BCUT2D eigenvalue weighted by atomic mass is 32.2. The van der Waals surface area contributed by atoms with E-state index in [2.05, 4.69) is 9.62 Å². The average Bonchev–Trinajstić information content (AvgIpc) is 2.70. The van der Waals surface area contributed by atoms with Gasteiger partial charge in [-0.15, -0.1) is 0 Å². The van der Waals surface area contributed by atoms with Gasteiger partial charge in [-0.3, -0.25) is 15.0 Å². The summed E-state index contributed by atoms with van der Waals surface area (Å²) in [6.07, 6.45) is 0. The van der Waals surface area contributed by atoms with Crippen LogP contribution in [0, 0.1) is 24.0 Å². The first-order chi connectivity index (χ1) is 13.8. The van der Waals surface area contributed by atoms with Crippen LogP contribution in [-0.2, 0) is 14.8 Å². The lowest BCUT2D eigenvalue weighted by atomic mass is 10.1. The van der Waals surface area contributed by atoms with Crippen LogP contribution in [0.2, 0.25) is 0 Å². The predicted octanol–water partition coefficient (Wildman–Crippen LogP) is 2.56. The molecule has 29 heavy (non-hydrogen) atoms. The third-order valence-electron chi connectivity index (χ3n) is 5.15. The second-order valence-electron chi connectivity index (χ2n) is 7.14. The summed E-state index contributed by atoms with van der Waals surface area (Å²) in [6, 6.07) is 11.4. The molecule has 156 valence electrons. The van der Waals surface area contributed by atoms with Crippen molar-refractivity contribution in [1.82, 2.24) is 9.62 Å². The normalized spacial score (nSPS) is 16.5. The molecule has 1 atom stereocenters. The standard InChI is InChI=1S/C20H25N3O5S/c1-15-12-18(23(24)25)13-20(16(15)2)29(26,27)21-19(17-6-4-3-5-7-17)14-22-8-10-28-11-9-22/h3-7,12-13,19,21H,8-11,14H2,1-2H3/t19-/m0/s1.